The molecule has 0 aliphatic rings. The minimum atomic E-state index is -0.536. The number of nitrogens with zero attached hydrogens (tertiary/aromatic N) is 1. The molecule has 0 saturated carbocycles. The van der Waals surface area contributed by atoms with Crippen LogP contribution in [0.2, 0.25) is 0 Å². The number of hydrogen-bond acceptors (Lipinski definition) is 3. The molecule has 0 saturated heterocycles. The first-order valence-electron chi connectivity index (χ1n) is 4.40. The molecule has 0 unspecified atom stereocenters. The second kappa shape index (κ2) is 9.67. The highest BCUT2D eigenvalue weighted by atomic mass is 16.6. The third kappa shape index (κ3) is 5.27. The van der Waals surface area contributed by atoms with Crippen molar-refractivity contribution in [1.82, 2.24) is 0 Å². The smallest absolute Gasteiger partial charge is 0.270 e. The zero-order valence-corrected chi connectivity index (χ0v) is 8.86. The van der Waals surface area contributed by atoms with Gasteiger partial charge in [-0.1, -0.05) is 32.6 Å². The van der Waals surface area contributed by atoms with Gasteiger partial charge in [-0.25, -0.2) is 0 Å². The van der Waals surface area contributed by atoms with Gasteiger partial charge in [0.15, 0.2) is 0 Å². The van der Waals surface area contributed by atoms with E-state index in [2.05, 4.69) is 6.58 Å². The Kier molecular flexibility index (Phi) is 10.4. The predicted octanol–water partition coefficient (Wildman–Crippen LogP) is 2.30. The van der Waals surface area contributed by atoms with Crippen molar-refractivity contribution in [3.05, 3.63) is 46.2 Å². The molecule has 0 bridgehead atoms. The molecule has 0 rings (SSSR count). The first-order valence-corrected chi connectivity index (χ1v) is 4.40. The van der Waals surface area contributed by atoms with Crippen molar-refractivity contribution in [2.75, 3.05) is 6.61 Å². The molecule has 4 nitrogen and oxygen atoms in total. The van der Waals surface area contributed by atoms with E-state index in [-0.39, 0.29) is 17.9 Å². The van der Waals surface area contributed by atoms with Crippen LogP contribution < -0.4 is 0 Å². The highest BCUT2D eigenvalue weighted by Gasteiger charge is 2.13. The van der Waals surface area contributed by atoms with E-state index in [1.54, 1.807) is 6.92 Å². The van der Waals surface area contributed by atoms with E-state index in [0.717, 1.165) is 0 Å². The lowest BCUT2D eigenvalue weighted by Crippen LogP contribution is -2.04. The van der Waals surface area contributed by atoms with E-state index >= 15 is 0 Å². The Labute approximate surface area is 84.4 Å². The van der Waals surface area contributed by atoms with Crippen molar-refractivity contribution in [3.63, 3.8) is 0 Å². The van der Waals surface area contributed by atoms with Crippen LogP contribution >= 0.6 is 0 Å². The average molecular weight is 199 g/mol. The van der Waals surface area contributed by atoms with Crippen molar-refractivity contribution in [3.8, 4) is 0 Å². The third-order valence-electron chi connectivity index (χ3n) is 1.29. The summed E-state index contributed by atoms with van der Waals surface area (Å²) in [4.78, 5) is 9.82. The van der Waals surface area contributed by atoms with Crippen molar-refractivity contribution >= 4 is 0 Å². The molecule has 0 spiro atoms. The number of rotatable bonds is 4. The van der Waals surface area contributed by atoms with Gasteiger partial charge in [0, 0.05) is 0 Å². The van der Waals surface area contributed by atoms with Crippen molar-refractivity contribution in [2.45, 2.75) is 20.8 Å². The second-order valence-electron chi connectivity index (χ2n) is 2.02. The van der Waals surface area contributed by atoms with Crippen LogP contribution in [0, 0.1) is 10.1 Å². The molecule has 0 aromatic carbocycles. The molecule has 0 atom stereocenters. The Hall–Kier alpha value is -1.42. The molecule has 80 valence electrons. The number of hydrogen-bond donors (Lipinski definition) is 1. The molecule has 1 N–H and O–H groups in total. The molecule has 0 aliphatic heterocycles. The Bertz CT molecular complexity index is 242. The molecule has 0 aliphatic carbocycles. The molecular formula is C10H17NO3. The highest BCUT2D eigenvalue weighted by Crippen LogP contribution is 2.09. The van der Waals surface area contributed by atoms with Crippen LogP contribution in [-0.4, -0.2) is 16.6 Å². The van der Waals surface area contributed by atoms with Crippen LogP contribution in [0.25, 0.3) is 0 Å². The predicted molar refractivity (Wildman–Crippen MR) is 57.5 cm³/mol. The van der Waals surface area contributed by atoms with E-state index in [4.69, 9.17) is 5.11 Å². The lowest BCUT2D eigenvalue weighted by molar-refractivity contribution is -0.421. The summed E-state index contributed by atoms with van der Waals surface area (Å²) >= 11 is 0. The van der Waals surface area contributed by atoms with E-state index in [1.807, 2.05) is 13.8 Å². The van der Waals surface area contributed by atoms with Gasteiger partial charge in [-0.2, -0.15) is 0 Å². The van der Waals surface area contributed by atoms with Crippen LogP contribution in [0.5, 0.6) is 0 Å². The standard InChI is InChI=1S/C8H11NO3.C2H6/c1-3-5-7(6-10)8(4-2)9(11)12;1-2/h3-5,10H,1,6H2,2H3;1-2H3/b7-5-,8-4+;. The van der Waals surface area contributed by atoms with Gasteiger partial charge in [-0.05, 0) is 13.0 Å². The van der Waals surface area contributed by atoms with Gasteiger partial charge < -0.3 is 5.11 Å². The molecule has 0 amide bonds. The molecule has 0 aromatic rings. The fraction of sp³-hybridized carbons (Fsp3) is 0.400. The minimum absolute atomic E-state index is 0.0857. The van der Waals surface area contributed by atoms with Crippen molar-refractivity contribution < 1.29 is 10.0 Å². The third-order valence-corrected chi connectivity index (χ3v) is 1.29. The largest absolute Gasteiger partial charge is 0.391 e. The lowest BCUT2D eigenvalue weighted by atomic mass is 10.2. The van der Waals surface area contributed by atoms with E-state index in [1.165, 1.54) is 18.2 Å². The molecule has 0 fully saturated rings. The summed E-state index contributed by atoms with van der Waals surface area (Å²) in [5.41, 5.74) is 0.176. The summed E-state index contributed by atoms with van der Waals surface area (Å²) in [6.07, 6.45) is 4.15. The summed E-state index contributed by atoms with van der Waals surface area (Å²) in [5.74, 6) is 0. The van der Waals surface area contributed by atoms with Crippen LogP contribution in [-0.2, 0) is 0 Å². The molecule has 0 radical (unpaired) electrons. The summed E-state index contributed by atoms with van der Waals surface area (Å²) in [6, 6.07) is 0. The number of nitro groups is 1. The van der Waals surface area contributed by atoms with Gasteiger partial charge in [0.1, 0.15) is 0 Å². The normalized spacial score (nSPS) is 11.4. The van der Waals surface area contributed by atoms with Gasteiger partial charge in [-0.15, -0.1) is 0 Å². The minimum Gasteiger partial charge on any atom is -0.391 e. The van der Waals surface area contributed by atoms with Gasteiger partial charge in [-0.3, -0.25) is 10.1 Å². The monoisotopic (exact) mass is 199 g/mol. The van der Waals surface area contributed by atoms with Gasteiger partial charge in [0.2, 0.25) is 0 Å². The molecule has 0 aromatic heterocycles. The maximum atomic E-state index is 10.4. The zero-order valence-electron chi connectivity index (χ0n) is 8.86. The Morgan fingerprint density at radius 2 is 2.07 bits per heavy atom. The first kappa shape index (κ1) is 15.1. The Morgan fingerprint density at radius 1 is 1.57 bits per heavy atom. The second-order valence-corrected chi connectivity index (χ2v) is 2.02. The summed E-state index contributed by atoms with van der Waals surface area (Å²) in [7, 11) is 0. The highest BCUT2D eigenvalue weighted by molar-refractivity contribution is 5.28. The van der Waals surface area contributed by atoms with Gasteiger partial charge >= 0.3 is 0 Å². The fourth-order valence-electron chi connectivity index (χ4n) is 0.769. The summed E-state index contributed by atoms with van der Waals surface area (Å²) < 4.78 is 0. The Balaban J connectivity index is 0. The molecule has 4 heteroatoms. The maximum Gasteiger partial charge on any atom is 0.270 e. The van der Waals surface area contributed by atoms with Crippen LogP contribution in [0.1, 0.15) is 20.8 Å². The van der Waals surface area contributed by atoms with Crippen LogP contribution in [0.3, 0.4) is 0 Å². The van der Waals surface area contributed by atoms with Crippen LogP contribution in [0.4, 0.5) is 0 Å². The van der Waals surface area contributed by atoms with E-state index in [0.29, 0.717) is 0 Å². The quantitative estimate of drug-likeness (QED) is 0.429. The number of aliphatic hydroxyl groups is 1. The van der Waals surface area contributed by atoms with E-state index in [9.17, 15) is 10.1 Å². The fourth-order valence-corrected chi connectivity index (χ4v) is 0.769. The molecular weight excluding hydrogens is 182 g/mol. The van der Waals surface area contributed by atoms with Gasteiger partial charge in [0.05, 0.1) is 17.1 Å². The number of allylic oxidation sites excluding steroid dienone is 3. The summed E-state index contributed by atoms with van der Waals surface area (Å²) in [6.45, 7) is 8.58. The lowest BCUT2D eigenvalue weighted by Gasteiger charge is -1.98. The van der Waals surface area contributed by atoms with Crippen molar-refractivity contribution in [1.29, 1.82) is 0 Å². The molecule has 0 heterocycles. The average Bonchev–Trinajstić information content (AvgIpc) is 2.20. The van der Waals surface area contributed by atoms with Crippen LogP contribution in [0.15, 0.2) is 36.1 Å². The SMILES string of the molecule is C=C/C=C(CO)\C(=C/C)[N+](=O)[O-].CC. The first-order chi connectivity index (χ1) is 6.67. The van der Waals surface area contributed by atoms with Crippen molar-refractivity contribution in [2.24, 2.45) is 0 Å². The topological polar surface area (TPSA) is 63.4 Å². The zero-order chi connectivity index (χ0) is 11.6. The summed E-state index contributed by atoms with van der Waals surface area (Å²) in [5, 5.41) is 19.1. The molecule has 14 heavy (non-hydrogen) atoms. The van der Waals surface area contributed by atoms with E-state index < -0.39 is 4.92 Å². The maximum absolute atomic E-state index is 10.4. The number of aliphatic hydroxyl groups excluding tert-OH is 1. The van der Waals surface area contributed by atoms with Gasteiger partial charge in [0.25, 0.3) is 5.70 Å². The Morgan fingerprint density at radius 3 is 2.29 bits per heavy atom.